The summed E-state index contributed by atoms with van der Waals surface area (Å²) in [6.07, 6.45) is 70.8. The van der Waals surface area contributed by atoms with E-state index < -0.39 is 97.5 Å². The second-order valence-corrected chi connectivity index (χ2v) is 34.9. The van der Waals surface area contributed by atoms with Crippen molar-refractivity contribution in [2.75, 3.05) is 39.6 Å². The molecule has 0 aliphatic carbocycles. The molecule has 0 bridgehead atoms. The van der Waals surface area contributed by atoms with E-state index in [9.17, 15) is 43.2 Å². The number of aliphatic hydroxyl groups is 1. The highest BCUT2D eigenvalue weighted by Crippen LogP contribution is 2.45. The minimum absolute atomic E-state index is 0.106. The summed E-state index contributed by atoms with van der Waals surface area (Å²) >= 11 is 0. The highest BCUT2D eigenvalue weighted by molar-refractivity contribution is 7.47. The quantitative estimate of drug-likeness (QED) is 0.0222. The van der Waals surface area contributed by atoms with Crippen LogP contribution in [0.4, 0.5) is 0 Å². The van der Waals surface area contributed by atoms with E-state index in [4.69, 9.17) is 37.0 Å². The van der Waals surface area contributed by atoms with Gasteiger partial charge in [-0.25, -0.2) is 9.13 Å². The molecule has 19 heteroatoms. The van der Waals surface area contributed by atoms with Gasteiger partial charge < -0.3 is 33.8 Å². The molecule has 0 radical (unpaired) electrons. The van der Waals surface area contributed by atoms with Crippen LogP contribution in [0.1, 0.15) is 465 Å². The van der Waals surface area contributed by atoms with Crippen LogP contribution in [0.15, 0.2) is 0 Å². The van der Waals surface area contributed by atoms with Crippen molar-refractivity contribution >= 4 is 39.5 Å². The van der Waals surface area contributed by atoms with Crippen molar-refractivity contribution in [3.63, 3.8) is 0 Å². The molecule has 0 saturated carbocycles. The summed E-state index contributed by atoms with van der Waals surface area (Å²) in [4.78, 5) is 73.3. The van der Waals surface area contributed by atoms with E-state index in [-0.39, 0.29) is 25.7 Å². The second kappa shape index (κ2) is 78.3. The summed E-state index contributed by atoms with van der Waals surface area (Å²) in [6, 6.07) is 0. The number of carbonyl (C=O) groups is 4. The summed E-state index contributed by atoms with van der Waals surface area (Å²) < 4.78 is 69.0. The zero-order valence-corrected chi connectivity index (χ0v) is 71.5. The van der Waals surface area contributed by atoms with Crippen molar-refractivity contribution in [3.05, 3.63) is 0 Å². The number of aliphatic hydroxyl groups excluding tert-OH is 1. The average Bonchev–Trinajstić information content (AvgIpc) is 0.902. The summed E-state index contributed by atoms with van der Waals surface area (Å²) in [7, 11) is -9.93. The molecule has 0 aliphatic heterocycles. The summed E-state index contributed by atoms with van der Waals surface area (Å²) in [5.74, 6) is -0.540. The number of rotatable bonds is 86. The number of hydrogen-bond donors (Lipinski definition) is 3. The van der Waals surface area contributed by atoms with E-state index in [1.807, 2.05) is 0 Å². The monoisotopic (exact) mass is 1550 g/mol. The number of esters is 4. The first kappa shape index (κ1) is 104. The Bertz CT molecular complexity index is 2030. The summed E-state index contributed by atoms with van der Waals surface area (Å²) in [5, 5.41) is 10.7. The molecule has 0 saturated heterocycles. The van der Waals surface area contributed by atoms with Crippen LogP contribution >= 0.6 is 15.6 Å². The van der Waals surface area contributed by atoms with E-state index >= 15 is 0 Å². The van der Waals surface area contributed by atoms with Gasteiger partial charge in [-0.3, -0.25) is 37.3 Å². The number of carbonyl (C=O) groups excluding carboxylic acids is 4. The Morgan fingerprint density at radius 3 is 0.717 bits per heavy atom. The summed E-state index contributed by atoms with van der Waals surface area (Å²) in [6.45, 7) is 9.69. The van der Waals surface area contributed by atoms with Gasteiger partial charge in [0, 0.05) is 25.7 Å². The van der Waals surface area contributed by atoms with Crippen molar-refractivity contribution in [2.24, 2.45) is 11.8 Å². The molecule has 17 nitrogen and oxygen atoms in total. The highest BCUT2D eigenvalue weighted by Gasteiger charge is 2.30. The van der Waals surface area contributed by atoms with Crippen LogP contribution in [0.25, 0.3) is 0 Å². The molecule has 6 atom stereocenters. The Balaban J connectivity index is 5.25. The van der Waals surface area contributed by atoms with E-state index in [2.05, 4.69) is 41.5 Å². The number of phosphoric ester groups is 2. The Hall–Kier alpha value is -1.94. The highest BCUT2D eigenvalue weighted by atomic mass is 31.2. The lowest BCUT2D eigenvalue weighted by Gasteiger charge is -2.21. The first-order chi connectivity index (χ1) is 51.4. The minimum atomic E-state index is -4.97. The van der Waals surface area contributed by atoms with Gasteiger partial charge in [0.2, 0.25) is 0 Å². The maximum atomic E-state index is 13.2. The van der Waals surface area contributed by atoms with Gasteiger partial charge in [-0.05, 0) is 37.5 Å². The molecule has 0 rings (SSSR count). The molecule has 0 aromatic rings. The van der Waals surface area contributed by atoms with Gasteiger partial charge in [-0.1, -0.05) is 414 Å². The standard InChI is InChI=1S/C87H170O17P2/c1-7-10-12-14-16-18-20-22-24-26-27-28-29-30-32-34-36-38-47-53-59-65-71-86(91)103-82(75-97-84(89)69-63-57-51-45-37-35-33-31-25-23-21-19-17-15-13-11-8-2)77-101-105(93,94)99-73-81(88)74-100-106(95,96)102-78-83(76-98-85(90)70-64-58-52-46-41-39-43-49-55-61-67-79(4)5)104-87(92)72-66-60-54-48-42-40-44-50-56-62-68-80(6)9-3/h79-83,88H,7-78H2,1-6H3,(H,93,94)(H,95,96)/t80?,81-,82-,83-/m1/s1. The van der Waals surface area contributed by atoms with Crippen molar-refractivity contribution in [1.82, 2.24) is 0 Å². The third-order valence-corrected chi connectivity index (χ3v) is 22.7. The van der Waals surface area contributed by atoms with Gasteiger partial charge in [0.25, 0.3) is 0 Å². The van der Waals surface area contributed by atoms with Gasteiger partial charge in [-0.2, -0.15) is 0 Å². The molecule has 0 heterocycles. The van der Waals surface area contributed by atoms with Crippen LogP contribution in [0.3, 0.4) is 0 Å². The summed E-state index contributed by atoms with van der Waals surface area (Å²) in [5.41, 5.74) is 0. The molecule has 0 aliphatic rings. The van der Waals surface area contributed by atoms with Crippen LogP contribution in [0, 0.1) is 11.8 Å². The minimum Gasteiger partial charge on any atom is -0.462 e. The van der Waals surface area contributed by atoms with Crippen LogP contribution < -0.4 is 0 Å². The van der Waals surface area contributed by atoms with Crippen molar-refractivity contribution < 1.29 is 80.2 Å². The first-order valence-corrected chi connectivity index (χ1v) is 48.0. The molecule has 0 spiro atoms. The fourth-order valence-corrected chi connectivity index (χ4v) is 15.1. The van der Waals surface area contributed by atoms with Crippen molar-refractivity contribution in [2.45, 2.75) is 484 Å². The molecule has 0 aromatic heterocycles. The van der Waals surface area contributed by atoms with Crippen LogP contribution in [-0.4, -0.2) is 96.7 Å². The number of unbranched alkanes of at least 4 members (excludes halogenated alkanes) is 55. The van der Waals surface area contributed by atoms with E-state index in [0.29, 0.717) is 25.7 Å². The lowest BCUT2D eigenvalue weighted by molar-refractivity contribution is -0.161. The Morgan fingerprint density at radius 1 is 0.274 bits per heavy atom. The van der Waals surface area contributed by atoms with Crippen LogP contribution in [0.5, 0.6) is 0 Å². The average molecular weight is 1550 g/mol. The first-order valence-electron chi connectivity index (χ1n) is 45.0. The zero-order valence-electron chi connectivity index (χ0n) is 69.7. The SMILES string of the molecule is CCCCCCCCCCCCCCCCCCCCCCCCC(=O)O[C@H](COC(=O)CCCCCCCCCCCCCCCCCCC)COP(=O)(O)OC[C@@H](O)COP(=O)(O)OC[C@@H](COC(=O)CCCCCCCCCCCCC(C)C)OC(=O)CCCCCCCCCCCCC(C)CC. The normalized spacial score (nSPS) is 14.1. The molecule has 3 N–H and O–H groups in total. The van der Waals surface area contributed by atoms with Gasteiger partial charge >= 0.3 is 39.5 Å². The molecule has 3 unspecified atom stereocenters. The smallest absolute Gasteiger partial charge is 0.462 e. The Morgan fingerprint density at radius 2 is 0.481 bits per heavy atom. The molecular formula is C87H170O17P2. The van der Waals surface area contributed by atoms with Gasteiger partial charge in [0.05, 0.1) is 26.4 Å². The molecule has 0 amide bonds. The zero-order chi connectivity index (χ0) is 77.8. The van der Waals surface area contributed by atoms with E-state index in [1.54, 1.807) is 0 Å². The number of ether oxygens (including phenoxy) is 4. The van der Waals surface area contributed by atoms with Crippen LogP contribution in [0.2, 0.25) is 0 Å². The largest absolute Gasteiger partial charge is 0.472 e. The molecular weight excluding hydrogens is 1380 g/mol. The molecule has 0 aromatic carbocycles. The van der Waals surface area contributed by atoms with Crippen molar-refractivity contribution in [1.29, 1.82) is 0 Å². The lowest BCUT2D eigenvalue weighted by atomic mass is 9.99. The fraction of sp³-hybridized carbons (Fsp3) is 0.954. The van der Waals surface area contributed by atoms with E-state index in [1.165, 1.54) is 283 Å². The lowest BCUT2D eigenvalue weighted by Crippen LogP contribution is -2.30. The third kappa shape index (κ3) is 78.7. The van der Waals surface area contributed by atoms with Crippen molar-refractivity contribution in [3.8, 4) is 0 Å². The molecule has 106 heavy (non-hydrogen) atoms. The van der Waals surface area contributed by atoms with Gasteiger partial charge in [-0.15, -0.1) is 0 Å². The van der Waals surface area contributed by atoms with Crippen LogP contribution in [-0.2, 0) is 65.4 Å². The maximum Gasteiger partial charge on any atom is 0.472 e. The molecule has 0 fully saturated rings. The second-order valence-electron chi connectivity index (χ2n) is 32.0. The fourth-order valence-electron chi connectivity index (χ4n) is 13.6. The Labute approximate surface area is 651 Å². The predicted molar refractivity (Wildman–Crippen MR) is 437 cm³/mol. The Kier molecular flexibility index (Phi) is 76.9. The topological polar surface area (TPSA) is 237 Å². The number of phosphoric acid groups is 2. The van der Waals surface area contributed by atoms with E-state index in [0.717, 1.165) is 102 Å². The predicted octanol–water partition coefficient (Wildman–Crippen LogP) is 26.6. The van der Waals surface area contributed by atoms with Gasteiger partial charge in [0.15, 0.2) is 12.2 Å². The maximum absolute atomic E-state index is 13.2. The number of hydrogen-bond acceptors (Lipinski definition) is 15. The third-order valence-electron chi connectivity index (χ3n) is 20.8. The van der Waals surface area contributed by atoms with Gasteiger partial charge in [0.1, 0.15) is 19.3 Å². The molecule has 630 valence electrons.